The number of aromatic nitrogens is 5. The molecule has 0 radical (unpaired) electrons. The summed E-state index contributed by atoms with van der Waals surface area (Å²) in [5, 5.41) is 14.6. The Morgan fingerprint density at radius 2 is 2.25 bits per heavy atom. The zero-order valence-corrected chi connectivity index (χ0v) is 10.8. The Balaban J connectivity index is 1.72. The van der Waals surface area contributed by atoms with Crippen LogP contribution >= 0.6 is 0 Å². The molecule has 4 rings (SSSR count). The van der Waals surface area contributed by atoms with Gasteiger partial charge in [-0.1, -0.05) is 0 Å². The number of hydrogen-bond donors (Lipinski definition) is 2. The van der Waals surface area contributed by atoms with E-state index in [1.807, 2.05) is 23.0 Å². The molecule has 7 nitrogen and oxygen atoms in total. The summed E-state index contributed by atoms with van der Waals surface area (Å²) in [5.41, 5.74) is 2.67. The Labute approximate surface area is 114 Å². The first-order valence-corrected chi connectivity index (χ1v) is 6.54. The van der Waals surface area contributed by atoms with Gasteiger partial charge in [-0.05, 0) is 12.1 Å². The fraction of sp³-hybridized carbons (Fsp3) is 0.308. The Bertz CT molecular complexity index is 761. The number of nitrogens with zero attached hydrogens (tertiary/aromatic N) is 5. The summed E-state index contributed by atoms with van der Waals surface area (Å²) in [4.78, 5) is 14.0. The highest BCUT2D eigenvalue weighted by molar-refractivity contribution is 5.87. The van der Waals surface area contributed by atoms with Crippen LogP contribution in [0.5, 0.6) is 0 Å². The van der Waals surface area contributed by atoms with Gasteiger partial charge in [0.25, 0.3) is 0 Å². The highest BCUT2D eigenvalue weighted by Gasteiger charge is 2.21. The predicted octanol–water partition coefficient (Wildman–Crippen LogP) is 0.667. The lowest BCUT2D eigenvalue weighted by Gasteiger charge is -2.28. The molecule has 0 amide bonds. The maximum atomic E-state index is 9.17. The number of anilines is 1. The summed E-state index contributed by atoms with van der Waals surface area (Å²) in [6, 6.07) is 3.94. The van der Waals surface area contributed by atoms with E-state index in [1.165, 1.54) is 0 Å². The molecule has 2 N–H and O–H groups in total. The number of rotatable bonds is 2. The molecule has 1 aliphatic rings. The highest BCUT2D eigenvalue weighted by Crippen LogP contribution is 2.25. The van der Waals surface area contributed by atoms with Gasteiger partial charge in [0.05, 0.1) is 36.5 Å². The number of fused-ring (bicyclic) bond motifs is 2. The summed E-state index contributed by atoms with van der Waals surface area (Å²) < 4.78 is 1.96. The van der Waals surface area contributed by atoms with E-state index in [4.69, 9.17) is 5.11 Å². The van der Waals surface area contributed by atoms with Crippen molar-refractivity contribution in [3.05, 3.63) is 36.0 Å². The molecule has 3 aromatic heterocycles. The first kappa shape index (κ1) is 11.4. The third-order valence-corrected chi connectivity index (χ3v) is 3.64. The SMILES string of the molecule is OCc1cc2n(n1)CCN(c1ncnc3[nH]ccc13)C2. The molecule has 7 heteroatoms. The number of hydrogen-bond acceptors (Lipinski definition) is 5. The van der Waals surface area contributed by atoms with Crippen LogP contribution in [0.1, 0.15) is 11.4 Å². The molecule has 0 aliphatic carbocycles. The van der Waals surface area contributed by atoms with Crippen LogP contribution in [-0.4, -0.2) is 36.4 Å². The summed E-state index contributed by atoms with van der Waals surface area (Å²) in [6.07, 6.45) is 3.46. The summed E-state index contributed by atoms with van der Waals surface area (Å²) in [7, 11) is 0. The Morgan fingerprint density at radius 1 is 1.30 bits per heavy atom. The maximum Gasteiger partial charge on any atom is 0.142 e. The average Bonchev–Trinajstić information content (AvgIpc) is 3.11. The lowest BCUT2D eigenvalue weighted by Crippen LogP contribution is -2.34. The molecule has 0 bridgehead atoms. The van der Waals surface area contributed by atoms with Crippen LogP contribution in [-0.2, 0) is 19.7 Å². The quantitative estimate of drug-likeness (QED) is 0.715. The molecule has 0 fully saturated rings. The minimum atomic E-state index is -0.0183. The largest absolute Gasteiger partial charge is 0.390 e. The van der Waals surface area contributed by atoms with Crippen LogP contribution in [0.25, 0.3) is 11.0 Å². The minimum Gasteiger partial charge on any atom is -0.390 e. The number of aromatic amines is 1. The molecule has 20 heavy (non-hydrogen) atoms. The summed E-state index contributed by atoms with van der Waals surface area (Å²) >= 11 is 0. The van der Waals surface area contributed by atoms with Crippen molar-refractivity contribution in [2.75, 3.05) is 11.4 Å². The van der Waals surface area contributed by atoms with Gasteiger partial charge in [0.15, 0.2) is 0 Å². The van der Waals surface area contributed by atoms with Gasteiger partial charge in [0.2, 0.25) is 0 Å². The molecular formula is C13H14N6O. The van der Waals surface area contributed by atoms with Crippen molar-refractivity contribution in [3.63, 3.8) is 0 Å². The van der Waals surface area contributed by atoms with Crippen molar-refractivity contribution in [2.24, 2.45) is 0 Å². The second-order valence-corrected chi connectivity index (χ2v) is 4.87. The number of nitrogens with one attached hydrogen (secondary N) is 1. The zero-order valence-electron chi connectivity index (χ0n) is 10.8. The molecule has 102 valence electrons. The van der Waals surface area contributed by atoms with Crippen LogP contribution in [0.15, 0.2) is 24.7 Å². The van der Waals surface area contributed by atoms with Crippen molar-refractivity contribution >= 4 is 16.9 Å². The smallest absolute Gasteiger partial charge is 0.142 e. The second kappa shape index (κ2) is 4.31. The van der Waals surface area contributed by atoms with Crippen molar-refractivity contribution in [1.29, 1.82) is 0 Å². The minimum absolute atomic E-state index is 0.0183. The van der Waals surface area contributed by atoms with Gasteiger partial charge in [0.1, 0.15) is 17.8 Å². The summed E-state index contributed by atoms with van der Waals surface area (Å²) in [6.45, 7) is 2.36. The van der Waals surface area contributed by atoms with E-state index in [2.05, 4.69) is 25.0 Å². The standard InChI is InChI=1S/C13H14N6O/c20-7-9-5-10-6-18(3-4-19(10)17-9)13-11-1-2-14-12(11)15-8-16-13/h1-2,5,8,20H,3-4,6-7H2,(H,14,15,16). The van der Waals surface area contributed by atoms with Crippen LogP contribution in [0.3, 0.4) is 0 Å². The molecule has 3 aromatic rings. The third-order valence-electron chi connectivity index (χ3n) is 3.64. The van der Waals surface area contributed by atoms with Crippen molar-refractivity contribution in [3.8, 4) is 0 Å². The predicted molar refractivity (Wildman–Crippen MR) is 73.1 cm³/mol. The average molecular weight is 270 g/mol. The van der Waals surface area contributed by atoms with Crippen LogP contribution in [0.2, 0.25) is 0 Å². The van der Waals surface area contributed by atoms with E-state index in [-0.39, 0.29) is 6.61 Å². The first-order valence-electron chi connectivity index (χ1n) is 6.54. The van der Waals surface area contributed by atoms with Crippen LogP contribution in [0.4, 0.5) is 5.82 Å². The lowest BCUT2D eigenvalue weighted by molar-refractivity contribution is 0.275. The molecule has 0 saturated heterocycles. The van der Waals surface area contributed by atoms with Gasteiger partial charge in [0, 0.05) is 12.7 Å². The van der Waals surface area contributed by atoms with Gasteiger partial charge >= 0.3 is 0 Å². The van der Waals surface area contributed by atoms with E-state index in [0.29, 0.717) is 0 Å². The fourth-order valence-electron chi connectivity index (χ4n) is 2.69. The number of aliphatic hydroxyl groups is 1. The van der Waals surface area contributed by atoms with E-state index in [0.717, 1.165) is 47.9 Å². The third kappa shape index (κ3) is 1.67. The molecule has 0 spiro atoms. The van der Waals surface area contributed by atoms with Gasteiger partial charge < -0.3 is 15.0 Å². The Morgan fingerprint density at radius 3 is 3.15 bits per heavy atom. The molecule has 4 heterocycles. The number of H-pyrrole nitrogens is 1. The van der Waals surface area contributed by atoms with Gasteiger partial charge in [-0.3, -0.25) is 4.68 Å². The monoisotopic (exact) mass is 270 g/mol. The molecule has 0 atom stereocenters. The van der Waals surface area contributed by atoms with Crippen molar-refractivity contribution in [1.82, 2.24) is 24.7 Å². The van der Waals surface area contributed by atoms with Crippen LogP contribution in [0, 0.1) is 0 Å². The van der Waals surface area contributed by atoms with Crippen molar-refractivity contribution in [2.45, 2.75) is 19.7 Å². The molecule has 1 aliphatic heterocycles. The molecule has 0 aromatic carbocycles. The second-order valence-electron chi connectivity index (χ2n) is 4.87. The number of aliphatic hydroxyl groups excluding tert-OH is 1. The molecule has 0 saturated carbocycles. The van der Waals surface area contributed by atoms with Gasteiger partial charge in [-0.25, -0.2) is 9.97 Å². The lowest BCUT2D eigenvalue weighted by atomic mass is 10.2. The topological polar surface area (TPSA) is 82.9 Å². The fourth-order valence-corrected chi connectivity index (χ4v) is 2.69. The molecule has 0 unspecified atom stereocenters. The Hall–Kier alpha value is -2.41. The van der Waals surface area contributed by atoms with Crippen molar-refractivity contribution < 1.29 is 5.11 Å². The normalized spacial score (nSPS) is 14.8. The van der Waals surface area contributed by atoms with E-state index < -0.39 is 0 Å². The van der Waals surface area contributed by atoms with E-state index in [9.17, 15) is 0 Å². The first-order chi connectivity index (χ1) is 9.85. The maximum absolute atomic E-state index is 9.17. The van der Waals surface area contributed by atoms with E-state index >= 15 is 0 Å². The van der Waals surface area contributed by atoms with Crippen LogP contribution < -0.4 is 4.90 Å². The van der Waals surface area contributed by atoms with Gasteiger partial charge in [-0.15, -0.1) is 0 Å². The Kier molecular flexibility index (Phi) is 2.46. The molecular weight excluding hydrogens is 256 g/mol. The highest BCUT2D eigenvalue weighted by atomic mass is 16.3. The zero-order chi connectivity index (χ0) is 13.5. The summed E-state index contributed by atoms with van der Waals surface area (Å²) in [5.74, 6) is 0.939. The van der Waals surface area contributed by atoms with Gasteiger partial charge in [-0.2, -0.15) is 5.10 Å². The van der Waals surface area contributed by atoms with E-state index in [1.54, 1.807) is 6.33 Å².